The van der Waals surface area contributed by atoms with E-state index in [2.05, 4.69) is 33.3 Å². The highest BCUT2D eigenvalue weighted by atomic mass is 32.1. The third kappa shape index (κ3) is 1.80. The molecule has 0 saturated carbocycles. The molecule has 1 aromatic rings. The molecule has 2 heterocycles. The first-order valence-corrected chi connectivity index (χ1v) is 5.44. The van der Waals surface area contributed by atoms with Crippen LogP contribution in [0.2, 0.25) is 0 Å². The molecule has 1 aliphatic heterocycles. The number of nitrogens with zero attached hydrogens (tertiary/aromatic N) is 4. The highest BCUT2D eigenvalue weighted by Crippen LogP contribution is 2.24. The fourth-order valence-electron chi connectivity index (χ4n) is 1.69. The van der Waals surface area contributed by atoms with Crippen LogP contribution >= 0.6 is 11.5 Å². The molecule has 2 N–H and O–H groups in total. The average Bonchev–Trinajstić information content (AvgIpc) is 2.70. The maximum absolute atomic E-state index is 5.49. The zero-order valence-corrected chi connectivity index (χ0v) is 9.29. The molecule has 1 unspecified atom stereocenters. The van der Waals surface area contributed by atoms with E-state index in [1.54, 1.807) is 0 Å². The number of aromatic nitrogens is 2. The van der Waals surface area contributed by atoms with Gasteiger partial charge in [-0.25, -0.2) is 0 Å². The molecule has 1 aromatic heterocycles. The second kappa shape index (κ2) is 3.70. The van der Waals surface area contributed by atoms with Crippen molar-refractivity contribution in [3.8, 4) is 0 Å². The van der Waals surface area contributed by atoms with Gasteiger partial charge in [-0.1, -0.05) is 0 Å². The Bertz CT molecular complexity index is 310. The number of hydrogen-bond donors (Lipinski definition) is 1. The van der Waals surface area contributed by atoms with Crippen LogP contribution in [0.15, 0.2) is 0 Å². The molecule has 0 spiro atoms. The van der Waals surface area contributed by atoms with Gasteiger partial charge in [-0.15, -0.1) is 0 Å². The van der Waals surface area contributed by atoms with E-state index in [0.717, 1.165) is 18.2 Å². The molecule has 0 aromatic carbocycles. The highest BCUT2D eigenvalue weighted by Gasteiger charge is 2.25. The lowest BCUT2D eigenvalue weighted by Gasteiger charge is -2.19. The smallest absolute Gasteiger partial charge is 0.233 e. The van der Waals surface area contributed by atoms with Gasteiger partial charge in [-0.3, -0.25) is 0 Å². The molecular formula is C8H15N5S. The Hall–Kier alpha value is -0.880. The Labute approximate surface area is 87.7 Å². The second-order valence-corrected chi connectivity index (χ2v) is 4.52. The van der Waals surface area contributed by atoms with Crippen LogP contribution in [0.1, 0.15) is 6.42 Å². The topological polar surface area (TPSA) is 58.3 Å². The van der Waals surface area contributed by atoms with Gasteiger partial charge in [0.2, 0.25) is 11.1 Å². The van der Waals surface area contributed by atoms with E-state index in [0.29, 0.717) is 12.0 Å². The van der Waals surface area contributed by atoms with Crippen LogP contribution < -0.4 is 10.6 Å². The minimum Gasteiger partial charge on any atom is -0.367 e. The molecule has 5 nitrogen and oxygen atoms in total. The fourth-order valence-corrected chi connectivity index (χ4v) is 2.32. The Morgan fingerprint density at radius 2 is 2.36 bits per heavy atom. The van der Waals surface area contributed by atoms with Crippen molar-refractivity contribution in [3.63, 3.8) is 0 Å². The van der Waals surface area contributed by atoms with Crippen LogP contribution in [-0.4, -0.2) is 47.5 Å². The van der Waals surface area contributed by atoms with E-state index in [9.17, 15) is 0 Å². The summed E-state index contributed by atoms with van der Waals surface area (Å²) in [5.41, 5.74) is 5.49. The summed E-state index contributed by atoms with van der Waals surface area (Å²) in [5, 5.41) is 0.951. The van der Waals surface area contributed by atoms with Crippen LogP contribution in [0.4, 0.5) is 11.1 Å². The van der Waals surface area contributed by atoms with Crippen LogP contribution in [0, 0.1) is 0 Å². The van der Waals surface area contributed by atoms with Crippen molar-refractivity contribution in [2.24, 2.45) is 0 Å². The largest absolute Gasteiger partial charge is 0.367 e. The van der Waals surface area contributed by atoms with Gasteiger partial charge in [0.25, 0.3) is 0 Å². The molecule has 0 bridgehead atoms. The van der Waals surface area contributed by atoms with Crippen LogP contribution in [0.25, 0.3) is 0 Å². The zero-order valence-electron chi connectivity index (χ0n) is 8.47. The van der Waals surface area contributed by atoms with Gasteiger partial charge in [0.1, 0.15) is 0 Å². The third-order valence-electron chi connectivity index (χ3n) is 2.60. The van der Waals surface area contributed by atoms with E-state index < -0.39 is 0 Å². The first kappa shape index (κ1) is 9.67. The lowest BCUT2D eigenvalue weighted by molar-refractivity contribution is 0.315. The van der Waals surface area contributed by atoms with Gasteiger partial charge in [0.15, 0.2) is 0 Å². The first-order valence-electron chi connectivity index (χ1n) is 4.67. The van der Waals surface area contributed by atoms with Crippen molar-refractivity contribution in [2.45, 2.75) is 12.5 Å². The lowest BCUT2D eigenvalue weighted by Crippen LogP contribution is -2.31. The molecular weight excluding hydrogens is 198 g/mol. The maximum Gasteiger partial charge on any atom is 0.233 e. The van der Waals surface area contributed by atoms with Crippen LogP contribution in [0.5, 0.6) is 0 Å². The number of nitrogen functional groups attached to an aromatic ring is 1. The standard InChI is InChI=1S/C8H15N5S/c1-12(2)6-3-4-13(5-6)8-10-7(9)11-14-8/h6H,3-5H2,1-2H3,(H2,9,11). The number of rotatable bonds is 2. The molecule has 14 heavy (non-hydrogen) atoms. The molecule has 0 amide bonds. The fraction of sp³-hybridized carbons (Fsp3) is 0.750. The molecule has 1 saturated heterocycles. The number of hydrogen-bond acceptors (Lipinski definition) is 6. The number of likely N-dealkylation sites (N-methyl/N-ethyl adjacent to an activating group) is 1. The molecule has 78 valence electrons. The van der Waals surface area contributed by atoms with Gasteiger partial charge < -0.3 is 15.5 Å². The number of anilines is 2. The predicted octanol–water partition coefficient (Wildman–Crippen LogP) is 0.261. The quantitative estimate of drug-likeness (QED) is 0.763. The highest BCUT2D eigenvalue weighted by molar-refractivity contribution is 7.09. The summed E-state index contributed by atoms with van der Waals surface area (Å²) >= 11 is 1.38. The zero-order chi connectivity index (χ0) is 10.1. The van der Waals surface area contributed by atoms with E-state index in [-0.39, 0.29) is 0 Å². The predicted molar refractivity (Wildman–Crippen MR) is 58.6 cm³/mol. The van der Waals surface area contributed by atoms with Crippen molar-refractivity contribution in [1.29, 1.82) is 0 Å². The lowest BCUT2D eigenvalue weighted by atomic mass is 10.2. The molecule has 6 heteroatoms. The van der Waals surface area contributed by atoms with Gasteiger partial charge >= 0.3 is 0 Å². The van der Waals surface area contributed by atoms with Gasteiger partial charge in [-0.2, -0.15) is 9.36 Å². The third-order valence-corrected chi connectivity index (χ3v) is 3.39. The molecule has 2 rings (SSSR count). The molecule has 0 aliphatic carbocycles. The molecule has 0 radical (unpaired) electrons. The summed E-state index contributed by atoms with van der Waals surface area (Å²) in [7, 11) is 4.23. The maximum atomic E-state index is 5.49. The Balaban J connectivity index is 2.02. The monoisotopic (exact) mass is 213 g/mol. The SMILES string of the molecule is CN(C)C1CCN(c2nc(N)ns2)C1. The van der Waals surface area contributed by atoms with Crippen molar-refractivity contribution in [3.05, 3.63) is 0 Å². The summed E-state index contributed by atoms with van der Waals surface area (Å²) < 4.78 is 3.98. The van der Waals surface area contributed by atoms with E-state index in [4.69, 9.17) is 5.73 Å². The van der Waals surface area contributed by atoms with Crippen LogP contribution in [-0.2, 0) is 0 Å². The minimum absolute atomic E-state index is 0.387. The first-order chi connectivity index (χ1) is 6.66. The van der Waals surface area contributed by atoms with Gasteiger partial charge in [-0.05, 0) is 20.5 Å². The molecule has 1 atom stereocenters. The van der Waals surface area contributed by atoms with Crippen molar-refractivity contribution in [1.82, 2.24) is 14.3 Å². The van der Waals surface area contributed by atoms with Crippen molar-refractivity contribution >= 4 is 22.6 Å². The van der Waals surface area contributed by atoms with Crippen molar-refractivity contribution < 1.29 is 0 Å². The summed E-state index contributed by atoms with van der Waals surface area (Å²) in [6, 6.07) is 0.625. The summed E-state index contributed by atoms with van der Waals surface area (Å²) in [4.78, 5) is 8.68. The van der Waals surface area contributed by atoms with Crippen LogP contribution in [0.3, 0.4) is 0 Å². The Kier molecular flexibility index (Phi) is 2.56. The molecule has 1 aliphatic rings. The van der Waals surface area contributed by atoms with Gasteiger partial charge in [0.05, 0.1) is 0 Å². The normalized spacial score (nSPS) is 22.2. The second-order valence-electron chi connectivity index (χ2n) is 3.79. The van der Waals surface area contributed by atoms with E-state index in [1.807, 2.05) is 0 Å². The Morgan fingerprint density at radius 3 is 2.86 bits per heavy atom. The average molecular weight is 213 g/mol. The van der Waals surface area contributed by atoms with E-state index in [1.165, 1.54) is 18.0 Å². The van der Waals surface area contributed by atoms with E-state index >= 15 is 0 Å². The summed E-state index contributed by atoms with van der Waals surface area (Å²) in [5.74, 6) is 0.387. The summed E-state index contributed by atoms with van der Waals surface area (Å²) in [6.07, 6.45) is 1.19. The minimum atomic E-state index is 0.387. The van der Waals surface area contributed by atoms with Gasteiger partial charge in [0, 0.05) is 30.7 Å². The Morgan fingerprint density at radius 1 is 1.57 bits per heavy atom. The molecule has 1 fully saturated rings. The summed E-state index contributed by atoms with van der Waals surface area (Å²) in [6.45, 7) is 2.08. The number of nitrogens with two attached hydrogens (primary N) is 1. The van der Waals surface area contributed by atoms with Crippen molar-refractivity contribution in [2.75, 3.05) is 37.8 Å².